The molecule has 5 nitrogen and oxygen atoms in total. The summed E-state index contributed by atoms with van der Waals surface area (Å²) in [4.78, 5) is 38.1. The van der Waals surface area contributed by atoms with Crippen molar-refractivity contribution in [1.82, 2.24) is 10.2 Å². The van der Waals surface area contributed by atoms with Crippen LogP contribution in [0.4, 0.5) is 9.18 Å². The van der Waals surface area contributed by atoms with Crippen LogP contribution >= 0.6 is 0 Å². The summed E-state index contributed by atoms with van der Waals surface area (Å²) in [5.74, 6) is -1.29. The van der Waals surface area contributed by atoms with E-state index in [9.17, 15) is 18.8 Å². The first-order valence-corrected chi connectivity index (χ1v) is 8.36. The van der Waals surface area contributed by atoms with Crippen molar-refractivity contribution in [2.45, 2.75) is 25.3 Å². The molecule has 1 heterocycles. The van der Waals surface area contributed by atoms with Crippen molar-refractivity contribution in [3.05, 3.63) is 71.5 Å². The zero-order valence-corrected chi connectivity index (χ0v) is 14.4. The highest BCUT2D eigenvalue weighted by molar-refractivity contribution is 6.11. The van der Waals surface area contributed by atoms with Gasteiger partial charge in [0.05, 0.1) is 6.54 Å². The first-order valence-electron chi connectivity index (χ1n) is 8.36. The van der Waals surface area contributed by atoms with E-state index in [1.165, 1.54) is 24.3 Å². The van der Waals surface area contributed by atoms with Crippen molar-refractivity contribution in [2.75, 3.05) is 6.54 Å². The van der Waals surface area contributed by atoms with Gasteiger partial charge in [0.15, 0.2) is 5.78 Å². The van der Waals surface area contributed by atoms with E-state index in [-0.39, 0.29) is 12.1 Å². The zero-order valence-electron chi connectivity index (χ0n) is 14.4. The molecule has 2 aromatic rings. The summed E-state index contributed by atoms with van der Waals surface area (Å²) in [5.41, 5.74) is 0.275. The fourth-order valence-electron chi connectivity index (χ4n) is 2.97. The Morgan fingerprint density at radius 3 is 2.38 bits per heavy atom. The molecule has 134 valence electrons. The quantitative estimate of drug-likeness (QED) is 0.641. The summed E-state index contributed by atoms with van der Waals surface area (Å²) in [6.07, 6.45) is 1.06. The Hall–Kier alpha value is -3.02. The van der Waals surface area contributed by atoms with Crippen LogP contribution in [-0.2, 0) is 11.2 Å². The SMILES string of the molecule is C[C@]1(CCc2ccccc2)NC(=O)N(CC(=O)c2ccc(F)cc2)C1=O. The standard InChI is InChI=1S/C20H19FN2O3/c1-20(12-11-14-5-3-2-4-6-14)18(25)23(19(26)22-20)13-17(24)15-7-9-16(21)10-8-15/h2-10H,11-13H2,1H3,(H,22,26)/t20-/m1/s1. The van der Waals surface area contributed by atoms with E-state index in [2.05, 4.69) is 5.32 Å². The van der Waals surface area contributed by atoms with Crippen LogP contribution in [0, 0.1) is 5.82 Å². The third-order valence-corrected chi connectivity index (χ3v) is 4.57. The molecule has 0 radical (unpaired) electrons. The van der Waals surface area contributed by atoms with Crippen LogP contribution in [0.1, 0.15) is 29.3 Å². The maximum absolute atomic E-state index is 13.0. The second-order valence-corrected chi connectivity index (χ2v) is 6.57. The summed E-state index contributed by atoms with van der Waals surface area (Å²) in [7, 11) is 0. The average molecular weight is 354 g/mol. The van der Waals surface area contributed by atoms with Crippen molar-refractivity contribution in [2.24, 2.45) is 0 Å². The molecule has 1 aliphatic rings. The molecule has 1 fully saturated rings. The summed E-state index contributed by atoms with van der Waals surface area (Å²) in [6, 6.07) is 14.1. The van der Waals surface area contributed by atoms with Gasteiger partial charge in [0, 0.05) is 5.56 Å². The van der Waals surface area contributed by atoms with Gasteiger partial charge in [0.2, 0.25) is 0 Å². The number of hydrogen-bond acceptors (Lipinski definition) is 3. The number of aryl methyl sites for hydroxylation is 1. The molecule has 1 saturated heterocycles. The average Bonchev–Trinajstić information content (AvgIpc) is 2.85. The Morgan fingerprint density at radius 1 is 1.08 bits per heavy atom. The molecule has 26 heavy (non-hydrogen) atoms. The van der Waals surface area contributed by atoms with Gasteiger partial charge in [-0.2, -0.15) is 0 Å². The van der Waals surface area contributed by atoms with Crippen LogP contribution in [0.2, 0.25) is 0 Å². The van der Waals surface area contributed by atoms with Crippen LogP contribution in [0.5, 0.6) is 0 Å². The van der Waals surface area contributed by atoms with E-state index in [4.69, 9.17) is 0 Å². The maximum Gasteiger partial charge on any atom is 0.325 e. The fraction of sp³-hybridized carbons (Fsp3) is 0.250. The second kappa shape index (κ2) is 7.07. The minimum atomic E-state index is -1.05. The highest BCUT2D eigenvalue weighted by Crippen LogP contribution is 2.23. The van der Waals surface area contributed by atoms with Gasteiger partial charge in [-0.3, -0.25) is 14.5 Å². The number of ketones is 1. The van der Waals surface area contributed by atoms with Crippen LogP contribution in [0.3, 0.4) is 0 Å². The number of Topliss-reactive ketones (excluding diaryl/α,β-unsaturated/α-hetero) is 1. The van der Waals surface area contributed by atoms with Crippen molar-refractivity contribution in [3.8, 4) is 0 Å². The Balaban J connectivity index is 1.67. The lowest BCUT2D eigenvalue weighted by Gasteiger charge is -2.21. The molecule has 3 amide bonds. The number of rotatable bonds is 6. The first kappa shape index (κ1) is 17.8. The summed E-state index contributed by atoms with van der Waals surface area (Å²) in [6.45, 7) is 1.30. The number of nitrogens with zero attached hydrogens (tertiary/aromatic N) is 1. The van der Waals surface area contributed by atoms with E-state index in [0.29, 0.717) is 12.8 Å². The molecule has 0 saturated carbocycles. The van der Waals surface area contributed by atoms with Crippen LogP contribution < -0.4 is 5.32 Å². The van der Waals surface area contributed by atoms with E-state index in [1.807, 2.05) is 30.3 Å². The number of carbonyl (C=O) groups is 3. The normalized spacial score (nSPS) is 19.5. The van der Waals surface area contributed by atoms with Gasteiger partial charge in [-0.15, -0.1) is 0 Å². The lowest BCUT2D eigenvalue weighted by atomic mass is 9.93. The highest BCUT2D eigenvalue weighted by Gasteiger charge is 2.47. The number of urea groups is 1. The van der Waals surface area contributed by atoms with Gasteiger partial charge in [-0.1, -0.05) is 30.3 Å². The Kier molecular flexibility index (Phi) is 4.84. The molecule has 3 rings (SSSR count). The Morgan fingerprint density at radius 2 is 1.73 bits per heavy atom. The molecule has 6 heteroatoms. The van der Waals surface area contributed by atoms with Crippen LogP contribution in [-0.4, -0.2) is 34.7 Å². The van der Waals surface area contributed by atoms with E-state index < -0.39 is 29.1 Å². The fourth-order valence-corrected chi connectivity index (χ4v) is 2.97. The Labute approximate surface area is 150 Å². The number of imide groups is 1. The third kappa shape index (κ3) is 3.64. The van der Waals surface area contributed by atoms with E-state index in [1.54, 1.807) is 6.92 Å². The number of halogens is 1. The van der Waals surface area contributed by atoms with Gasteiger partial charge in [-0.25, -0.2) is 9.18 Å². The van der Waals surface area contributed by atoms with Crippen molar-refractivity contribution >= 4 is 17.7 Å². The monoisotopic (exact) mass is 354 g/mol. The van der Waals surface area contributed by atoms with Gasteiger partial charge in [0.25, 0.3) is 5.91 Å². The van der Waals surface area contributed by atoms with Gasteiger partial charge >= 0.3 is 6.03 Å². The molecule has 0 spiro atoms. The number of hydrogen-bond donors (Lipinski definition) is 1. The number of nitrogens with one attached hydrogen (secondary N) is 1. The molecule has 1 N–H and O–H groups in total. The molecule has 0 bridgehead atoms. The van der Waals surface area contributed by atoms with Gasteiger partial charge in [0.1, 0.15) is 11.4 Å². The largest absolute Gasteiger partial charge is 0.325 e. The van der Waals surface area contributed by atoms with E-state index in [0.717, 1.165) is 10.5 Å². The van der Waals surface area contributed by atoms with Crippen molar-refractivity contribution in [3.63, 3.8) is 0 Å². The van der Waals surface area contributed by atoms with Crippen molar-refractivity contribution in [1.29, 1.82) is 0 Å². The minimum absolute atomic E-state index is 0.255. The van der Waals surface area contributed by atoms with Gasteiger partial charge in [-0.05, 0) is 49.6 Å². The second-order valence-electron chi connectivity index (χ2n) is 6.57. The summed E-state index contributed by atoms with van der Waals surface area (Å²) in [5, 5.41) is 2.69. The molecule has 0 aliphatic carbocycles. The first-order chi connectivity index (χ1) is 12.4. The molecular weight excluding hydrogens is 335 g/mol. The highest BCUT2D eigenvalue weighted by atomic mass is 19.1. The minimum Gasteiger partial charge on any atom is -0.323 e. The number of benzene rings is 2. The topological polar surface area (TPSA) is 66.5 Å². The van der Waals surface area contributed by atoms with E-state index >= 15 is 0 Å². The number of carbonyl (C=O) groups excluding carboxylic acids is 3. The molecular formula is C20H19FN2O3. The predicted octanol–water partition coefficient (Wildman–Crippen LogP) is 2.95. The van der Waals surface area contributed by atoms with Crippen LogP contribution in [0.15, 0.2) is 54.6 Å². The molecule has 1 aliphatic heterocycles. The van der Waals surface area contributed by atoms with Crippen molar-refractivity contribution < 1.29 is 18.8 Å². The predicted molar refractivity (Wildman–Crippen MR) is 94.1 cm³/mol. The molecule has 0 unspecified atom stereocenters. The zero-order chi connectivity index (χ0) is 18.7. The van der Waals surface area contributed by atoms with Crippen LogP contribution in [0.25, 0.3) is 0 Å². The lowest BCUT2D eigenvalue weighted by Crippen LogP contribution is -2.44. The third-order valence-electron chi connectivity index (χ3n) is 4.57. The smallest absolute Gasteiger partial charge is 0.323 e. The Bertz CT molecular complexity index is 836. The lowest BCUT2D eigenvalue weighted by molar-refractivity contribution is -0.130. The molecule has 1 atom stereocenters. The molecule has 2 aromatic carbocycles. The molecule has 0 aromatic heterocycles. The summed E-state index contributed by atoms with van der Waals surface area (Å²) < 4.78 is 13.0. The van der Waals surface area contributed by atoms with Gasteiger partial charge < -0.3 is 5.32 Å². The maximum atomic E-state index is 13.0. The number of amides is 3. The summed E-state index contributed by atoms with van der Waals surface area (Å²) >= 11 is 0.